The monoisotopic (exact) mass is 490 g/mol. The summed E-state index contributed by atoms with van der Waals surface area (Å²) in [5, 5.41) is 6.58. The van der Waals surface area contributed by atoms with Crippen LogP contribution >= 0.6 is 35.3 Å². The standard InChI is InChI=1S/C18H26N4O2S.HI/c1-5-17-21-14(13-25-17)12-20-18(19-2)22(3)10-11-24-16-8-6-15(23-4)7-9-16;/h6-9,13H,5,10-12H2,1-4H3,(H,19,20);1H. The third-order valence-electron chi connectivity index (χ3n) is 3.66. The average Bonchev–Trinajstić information content (AvgIpc) is 3.11. The van der Waals surface area contributed by atoms with Gasteiger partial charge in [-0.2, -0.15) is 0 Å². The molecule has 2 rings (SSSR count). The Morgan fingerprint density at radius 3 is 2.54 bits per heavy atom. The molecule has 0 amide bonds. The molecule has 1 N–H and O–H groups in total. The average molecular weight is 490 g/mol. The molecule has 26 heavy (non-hydrogen) atoms. The largest absolute Gasteiger partial charge is 0.497 e. The Morgan fingerprint density at radius 1 is 1.27 bits per heavy atom. The van der Waals surface area contributed by atoms with Gasteiger partial charge in [-0.05, 0) is 30.7 Å². The smallest absolute Gasteiger partial charge is 0.193 e. The van der Waals surface area contributed by atoms with E-state index in [0.29, 0.717) is 13.2 Å². The summed E-state index contributed by atoms with van der Waals surface area (Å²) in [6, 6.07) is 7.58. The molecule has 1 aromatic carbocycles. The van der Waals surface area contributed by atoms with Crippen LogP contribution in [-0.2, 0) is 13.0 Å². The maximum Gasteiger partial charge on any atom is 0.193 e. The molecule has 6 nitrogen and oxygen atoms in total. The number of benzene rings is 1. The van der Waals surface area contributed by atoms with Crippen molar-refractivity contribution in [1.82, 2.24) is 15.2 Å². The Balaban J connectivity index is 0.00000338. The highest BCUT2D eigenvalue weighted by Crippen LogP contribution is 2.16. The lowest BCUT2D eigenvalue weighted by atomic mass is 10.3. The third kappa shape index (κ3) is 6.99. The van der Waals surface area contributed by atoms with E-state index in [1.54, 1.807) is 25.5 Å². The summed E-state index contributed by atoms with van der Waals surface area (Å²) in [7, 11) is 5.42. The minimum absolute atomic E-state index is 0. The van der Waals surface area contributed by atoms with Gasteiger partial charge in [0.25, 0.3) is 0 Å². The zero-order valence-corrected chi connectivity index (χ0v) is 18.8. The molecule has 2 aromatic rings. The van der Waals surface area contributed by atoms with Crippen molar-refractivity contribution in [3.8, 4) is 11.5 Å². The molecule has 0 fully saturated rings. The first kappa shape index (κ1) is 22.5. The molecule has 0 saturated heterocycles. The molecule has 0 radical (unpaired) electrons. The van der Waals surface area contributed by atoms with Crippen LogP contribution in [0.5, 0.6) is 11.5 Å². The summed E-state index contributed by atoms with van der Waals surface area (Å²) in [6.45, 7) is 4.08. The van der Waals surface area contributed by atoms with E-state index >= 15 is 0 Å². The number of ether oxygens (including phenoxy) is 2. The minimum Gasteiger partial charge on any atom is -0.497 e. The predicted molar refractivity (Wildman–Crippen MR) is 118 cm³/mol. The van der Waals surface area contributed by atoms with E-state index in [2.05, 4.69) is 27.6 Å². The van der Waals surface area contributed by atoms with Gasteiger partial charge in [0, 0.05) is 19.5 Å². The number of hydrogen-bond donors (Lipinski definition) is 1. The number of aryl methyl sites for hydroxylation is 1. The lowest BCUT2D eigenvalue weighted by Gasteiger charge is -2.21. The summed E-state index contributed by atoms with van der Waals surface area (Å²) >= 11 is 1.70. The van der Waals surface area contributed by atoms with E-state index in [1.807, 2.05) is 36.2 Å². The Hall–Kier alpha value is -1.55. The molecule has 144 valence electrons. The van der Waals surface area contributed by atoms with Crippen LogP contribution < -0.4 is 14.8 Å². The zero-order valence-electron chi connectivity index (χ0n) is 15.7. The second-order valence-corrected chi connectivity index (χ2v) is 6.38. The Labute approximate surface area is 176 Å². The number of aliphatic imine (C=N–C) groups is 1. The minimum atomic E-state index is 0. The van der Waals surface area contributed by atoms with Crippen molar-refractivity contribution in [2.24, 2.45) is 4.99 Å². The van der Waals surface area contributed by atoms with Gasteiger partial charge >= 0.3 is 0 Å². The van der Waals surface area contributed by atoms with Crippen LogP contribution in [0.15, 0.2) is 34.6 Å². The lowest BCUT2D eigenvalue weighted by molar-refractivity contribution is 0.281. The SMILES string of the molecule is CCc1nc(CNC(=NC)N(C)CCOc2ccc(OC)cc2)cs1.I. The second-order valence-electron chi connectivity index (χ2n) is 5.43. The number of nitrogens with one attached hydrogen (secondary N) is 1. The van der Waals surface area contributed by atoms with Crippen LogP contribution in [0.3, 0.4) is 0 Å². The quantitative estimate of drug-likeness (QED) is 0.349. The lowest BCUT2D eigenvalue weighted by Crippen LogP contribution is -2.40. The van der Waals surface area contributed by atoms with Gasteiger partial charge in [-0.15, -0.1) is 35.3 Å². The molecule has 0 unspecified atom stereocenters. The molecule has 1 heterocycles. The molecule has 0 spiro atoms. The van der Waals surface area contributed by atoms with E-state index in [1.165, 1.54) is 0 Å². The highest BCUT2D eigenvalue weighted by molar-refractivity contribution is 14.0. The van der Waals surface area contributed by atoms with Crippen LogP contribution in [0.4, 0.5) is 0 Å². The molecule has 0 aliphatic heterocycles. The number of rotatable bonds is 8. The number of guanidine groups is 1. The topological polar surface area (TPSA) is 59.0 Å². The number of methoxy groups -OCH3 is 1. The van der Waals surface area contributed by atoms with Gasteiger partial charge in [0.1, 0.15) is 18.1 Å². The van der Waals surface area contributed by atoms with Crippen molar-refractivity contribution in [2.75, 3.05) is 34.4 Å². The normalized spacial score (nSPS) is 10.8. The summed E-state index contributed by atoms with van der Waals surface area (Å²) < 4.78 is 10.9. The highest BCUT2D eigenvalue weighted by Gasteiger charge is 2.07. The van der Waals surface area contributed by atoms with Gasteiger partial charge in [0.2, 0.25) is 0 Å². The molecule has 0 aliphatic carbocycles. The first-order valence-electron chi connectivity index (χ1n) is 8.28. The predicted octanol–water partition coefficient (Wildman–Crippen LogP) is 3.42. The van der Waals surface area contributed by atoms with Crippen LogP contribution in [0.2, 0.25) is 0 Å². The first-order valence-corrected chi connectivity index (χ1v) is 9.16. The fourth-order valence-corrected chi connectivity index (χ4v) is 2.97. The van der Waals surface area contributed by atoms with Gasteiger partial charge in [-0.25, -0.2) is 4.98 Å². The molecule has 0 saturated carbocycles. The number of halogens is 1. The van der Waals surface area contributed by atoms with Gasteiger partial charge in [0.05, 0.1) is 30.9 Å². The van der Waals surface area contributed by atoms with Gasteiger partial charge in [0.15, 0.2) is 5.96 Å². The van der Waals surface area contributed by atoms with Crippen LogP contribution in [0, 0.1) is 0 Å². The maximum absolute atomic E-state index is 5.76. The van der Waals surface area contributed by atoms with Crippen LogP contribution in [-0.4, -0.2) is 50.2 Å². The molecule has 0 atom stereocenters. The maximum atomic E-state index is 5.76. The van der Waals surface area contributed by atoms with Crippen molar-refractivity contribution >= 4 is 41.3 Å². The van der Waals surface area contributed by atoms with E-state index in [0.717, 1.165) is 41.1 Å². The van der Waals surface area contributed by atoms with E-state index in [9.17, 15) is 0 Å². The van der Waals surface area contributed by atoms with Gasteiger partial charge < -0.3 is 19.7 Å². The Bertz CT molecular complexity index is 676. The van der Waals surface area contributed by atoms with Crippen LogP contribution in [0.25, 0.3) is 0 Å². The van der Waals surface area contributed by atoms with Gasteiger partial charge in [-0.1, -0.05) is 6.92 Å². The fraction of sp³-hybridized carbons (Fsp3) is 0.444. The summed E-state index contributed by atoms with van der Waals surface area (Å²) in [5.74, 6) is 2.47. The van der Waals surface area contributed by atoms with Crippen molar-refractivity contribution in [3.63, 3.8) is 0 Å². The fourth-order valence-electron chi connectivity index (χ4n) is 2.23. The number of aromatic nitrogens is 1. The molecular weight excluding hydrogens is 463 g/mol. The number of hydrogen-bond acceptors (Lipinski definition) is 5. The Kier molecular flexibility index (Phi) is 10.3. The second kappa shape index (κ2) is 11.9. The van der Waals surface area contributed by atoms with Crippen LogP contribution in [0.1, 0.15) is 17.6 Å². The van der Waals surface area contributed by atoms with Crippen molar-refractivity contribution in [3.05, 3.63) is 40.3 Å². The van der Waals surface area contributed by atoms with Crippen molar-refractivity contribution in [2.45, 2.75) is 19.9 Å². The van der Waals surface area contributed by atoms with Crippen molar-refractivity contribution < 1.29 is 9.47 Å². The molecule has 0 aliphatic rings. The number of thiazole rings is 1. The molecule has 1 aromatic heterocycles. The van der Waals surface area contributed by atoms with Crippen molar-refractivity contribution in [1.29, 1.82) is 0 Å². The molecule has 8 heteroatoms. The summed E-state index contributed by atoms with van der Waals surface area (Å²) in [4.78, 5) is 10.9. The van der Waals surface area contributed by atoms with E-state index < -0.39 is 0 Å². The van der Waals surface area contributed by atoms with E-state index in [-0.39, 0.29) is 24.0 Å². The van der Waals surface area contributed by atoms with E-state index in [4.69, 9.17) is 9.47 Å². The first-order chi connectivity index (χ1) is 12.2. The van der Waals surface area contributed by atoms with Gasteiger partial charge in [-0.3, -0.25) is 4.99 Å². The highest BCUT2D eigenvalue weighted by atomic mass is 127. The molecule has 0 bridgehead atoms. The number of likely N-dealkylation sites (N-methyl/N-ethyl adjacent to an activating group) is 1. The summed E-state index contributed by atoms with van der Waals surface area (Å²) in [5.41, 5.74) is 1.05. The zero-order chi connectivity index (χ0) is 18.1. The number of nitrogens with zero attached hydrogens (tertiary/aromatic N) is 3. The Morgan fingerprint density at radius 2 is 1.96 bits per heavy atom. The third-order valence-corrected chi connectivity index (χ3v) is 4.70. The molecular formula is C18H27IN4O2S. The summed E-state index contributed by atoms with van der Waals surface area (Å²) in [6.07, 6.45) is 0.974.